The molecule has 10 rings (SSSR count). The Morgan fingerprint density at radius 2 is 0.833 bits per heavy atom. The van der Waals surface area contributed by atoms with Crippen LogP contribution in [0.25, 0.3) is 44.2 Å². The molecule has 0 heterocycles. The van der Waals surface area contributed by atoms with Crippen LogP contribution in [0.2, 0.25) is 0 Å². The fourth-order valence-electron chi connectivity index (χ4n) is 8.74. The lowest BCUT2D eigenvalue weighted by atomic mass is 9.68. The number of anilines is 3. The lowest BCUT2D eigenvalue weighted by molar-refractivity contribution is 0.768. The third-order valence-corrected chi connectivity index (χ3v) is 11.1. The van der Waals surface area contributed by atoms with E-state index in [-0.39, 0.29) is 0 Å². The van der Waals surface area contributed by atoms with Crippen molar-refractivity contribution < 1.29 is 0 Å². The molecule has 1 heteroatoms. The number of hydrogen-bond donors (Lipinski definition) is 0. The molecule has 0 aromatic heterocycles. The highest BCUT2D eigenvalue weighted by molar-refractivity contribution is 5.98. The summed E-state index contributed by atoms with van der Waals surface area (Å²) in [7, 11) is 0. The van der Waals surface area contributed by atoms with E-state index < -0.39 is 5.41 Å². The molecule has 9 aromatic rings. The second kappa shape index (κ2) is 13.2. The van der Waals surface area contributed by atoms with E-state index in [1.165, 1.54) is 66.4 Å². The molecule has 1 nitrogen and oxygen atoms in total. The van der Waals surface area contributed by atoms with Crippen LogP contribution in [0.1, 0.15) is 22.3 Å². The highest BCUT2D eigenvalue weighted by atomic mass is 15.1. The smallest absolute Gasteiger partial charge is 0.0714 e. The van der Waals surface area contributed by atoms with Gasteiger partial charge in [0.05, 0.1) is 11.1 Å². The van der Waals surface area contributed by atoms with Gasteiger partial charge in [0.15, 0.2) is 0 Å². The summed E-state index contributed by atoms with van der Waals surface area (Å²) in [5, 5.41) is 2.51. The van der Waals surface area contributed by atoms with Crippen LogP contribution in [0.3, 0.4) is 0 Å². The molecule has 0 N–H and O–H groups in total. The zero-order valence-corrected chi connectivity index (χ0v) is 29.8. The summed E-state index contributed by atoms with van der Waals surface area (Å²) < 4.78 is 0. The van der Waals surface area contributed by atoms with Crippen molar-refractivity contribution in [2.24, 2.45) is 0 Å². The van der Waals surface area contributed by atoms with Crippen molar-refractivity contribution in [3.05, 3.63) is 247 Å². The van der Waals surface area contributed by atoms with E-state index in [9.17, 15) is 0 Å². The molecule has 1 aliphatic carbocycles. The number of para-hydroxylation sites is 1. The average molecular weight is 688 g/mol. The molecule has 0 saturated heterocycles. The average Bonchev–Trinajstić information content (AvgIpc) is 3.56. The molecule has 0 radical (unpaired) electrons. The normalized spacial score (nSPS) is 12.6. The molecule has 0 unspecified atom stereocenters. The largest absolute Gasteiger partial charge is 0.310 e. The van der Waals surface area contributed by atoms with Crippen molar-refractivity contribution in [1.29, 1.82) is 0 Å². The van der Waals surface area contributed by atoms with Crippen LogP contribution >= 0.6 is 0 Å². The molecular weight excluding hydrogens is 651 g/mol. The first-order chi connectivity index (χ1) is 26.8. The van der Waals surface area contributed by atoms with Gasteiger partial charge >= 0.3 is 0 Å². The van der Waals surface area contributed by atoms with Crippen molar-refractivity contribution in [2.45, 2.75) is 5.41 Å². The Hall–Kier alpha value is -6.96. The second-order valence-electron chi connectivity index (χ2n) is 14.1. The van der Waals surface area contributed by atoms with Crippen LogP contribution in [0, 0.1) is 0 Å². The van der Waals surface area contributed by atoms with Crippen LogP contribution in [0.15, 0.2) is 224 Å². The summed E-state index contributed by atoms with van der Waals surface area (Å²) in [6.07, 6.45) is 0. The molecule has 0 saturated carbocycles. The molecule has 0 fully saturated rings. The summed E-state index contributed by atoms with van der Waals surface area (Å²) >= 11 is 0. The molecule has 54 heavy (non-hydrogen) atoms. The highest BCUT2D eigenvalue weighted by Crippen LogP contribution is 2.59. The van der Waals surface area contributed by atoms with Crippen LogP contribution in [-0.4, -0.2) is 0 Å². The second-order valence-corrected chi connectivity index (χ2v) is 14.1. The fourth-order valence-corrected chi connectivity index (χ4v) is 8.74. The van der Waals surface area contributed by atoms with Gasteiger partial charge in [0.25, 0.3) is 0 Å². The number of hydrogen-bond acceptors (Lipinski definition) is 1. The third-order valence-electron chi connectivity index (χ3n) is 11.1. The maximum atomic E-state index is 2.44. The maximum absolute atomic E-state index is 2.44. The van der Waals surface area contributed by atoms with E-state index in [1.54, 1.807) is 0 Å². The van der Waals surface area contributed by atoms with Crippen LogP contribution in [0.4, 0.5) is 17.1 Å². The predicted molar refractivity (Wildman–Crippen MR) is 227 cm³/mol. The zero-order valence-electron chi connectivity index (χ0n) is 29.8. The Labute approximate surface area is 317 Å². The van der Waals surface area contributed by atoms with Gasteiger partial charge in [-0.15, -0.1) is 0 Å². The van der Waals surface area contributed by atoms with E-state index in [2.05, 4.69) is 229 Å². The fraction of sp³-hybridized carbons (Fsp3) is 0.0189. The quantitative estimate of drug-likeness (QED) is 0.161. The summed E-state index contributed by atoms with van der Waals surface area (Å²) in [6.45, 7) is 0. The van der Waals surface area contributed by atoms with Gasteiger partial charge in [-0.05, 0) is 103 Å². The number of rotatable bonds is 7. The molecule has 9 aromatic carbocycles. The third kappa shape index (κ3) is 5.17. The summed E-state index contributed by atoms with van der Waals surface area (Å²) in [4.78, 5) is 2.44. The SMILES string of the molecule is c1ccc(N(c2cccc(-c3cccc(-c4ccc5ccccc5c4)c3)c2)c2cccc3c2-c2ccccc2C3(c2ccccc2)c2ccccc2)cc1. The first kappa shape index (κ1) is 31.7. The van der Waals surface area contributed by atoms with Crippen LogP contribution < -0.4 is 4.90 Å². The van der Waals surface area contributed by atoms with Gasteiger partial charge in [-0.3, -0.25) is 0 Å². The van der Waals surface area contributed by atoms with E-state index >= 15 is 0 Å². The molecule has 0 aliphatic heterocycles. The van der Waals surface area contributed by atoms with Crippen LogP contribution in [-0.2, 0) is 5.41 Å². The van der Waals surface area contributed by atoms with Gasteiger partial charge in [0.2, 0.25) is 0 Å². The highest BCUT2D eigenvalue weighted by Gasteiger charge is 2.47. The van der Waals surface area contributed by atoms with Crippen molar-refractivity contribution in [3.8, 4) is 33.4 Å². The molecule has 0 bridgehead atoms. The Kier molecular flexibility index (Phi) is 7.78. The molecule has 0 amide bonds. The van der Waals surface area contributed by atoms with E-state index in [0.29, 0.717) is 0 Å². The first-order valence-corrected chi connectivity index (χ1v) is 18.7. The van der Waals surface area contributed by atoms with E-state index in [0.717, 1.165) is 17.1 Å². The number of nitrogens with zero attached hydrogens (tertiary/aromatic N) is 1. The number of benzene rings is 9. The van der Waals surface area contributed by atoms with Gasteiger partial charge in [-0.2, -0.15) is 0 Å². The Morgan fingerprint density at radius 3 is 1.56 bits per heavy atom. The van der Waals surface area contributed by atoms with Gasteiger partial charge in [-0.1, -0.05) is 182 Å². The monoisotopic (exact) mass is 687 g/mol. The Morgan fingerprint density at radius 1 is 0.315 bits per heavy atom. The van der Waals surface area contributed by atoms with Gasteiger partial charge in [-0.25, -0.2) is 0 Å². The minimum absolute atomic E-state index is 0.474. The molecular formula is C53H37N. The molecule has 254 valence electrons. The molecule has 1 aliphatic rings. The van der Waals surface area contributed by atoms with Crippen molar-refractivity contribution in [2.75, 3.05) is 4.90 Å². The summed E-state index contributed by atoms with van der Waals surface area (Å²) in [5.74, 6) is 0. The van der Waals surface area contributed by atoms with Crippen molar-refractivity contribution in [3.63, 3.8) is 0 Å². The Balaban J connectivity index is 1.16. The Bertz CT molecular complexity index is 2730. The minimum atomic E-state index is -0.474. The van der Waals surface area contributed by atoms with Crippen molar-refractivity contribution in [1.82, 2.24) is 0 Å². The van der Waals surface area contributed by atoms with Gasteiger partial charge in [0.1, 0.15) is 0 Å². The topological polar surface area (TPSA) is 3.24 Å². The van der Waals surface area contributed by atoms with E-state index in [1.807, 2.05) is 0 Å². The summed E-state index contributed by atoms with van der Waals surface area (Å²) in [5.41, 5.74) is 15.3. The predicted octanol–water partition coefficient (Wildman–Crippen LogP) is 14.0. The molecule has 0 spiro atoms. The van der Waals surface area contributed by atoms with Crippen molar-refractivity contribution >= 4 is 27.8 Å². The van der Waals surface area contributed by atoms with E-state index in [4.69, 9.17) is 0 Å². The summed E-state index contributed by atoms with van der Waals surface area (Å²) in [6, 6.07) is 82.0. The zero-order chi connectivity index (χ0) is 35.9. The van der Waals surface area contributed by atoms with Gasteiger partial charge in [0, 0.05) is 16.9 Å². The number of fused-ring (bicyclic) bond motifs is 4. The lowest BCUT2D eigenvalue weighted by Gasteiger charge is -2.34. The standard InChI is InChI=1S/C53H37N/c1-4-22-44(23-5-1)53(45-24-6-2-7-25-45)49-30-13-12-29-48(49)52-50(53)31-16-32-51(52)54(46-26-8-3-9-27-46)47-28-15-21-42(37-47)40-19-14-20-41(36-40)43-34-33-38-17-10-11-18-39(38)35-43/h1-37H. The van der Waals surface area contributed by atoms with Gasteiger partial charge < -0.3 is 4.90 Å². The minimum Gasteiger partial charge on any atom is -0.310 e. The first-order valence-electron chi connectivity index (χ1n) is 18.7. The lowest BCUT2D eigenvalue weighted by Crippen LogP contribution is -2.28. The molecule has 0 atom stereocenters. The van der Waals surface area contributed by atoms with Crippen LogP contribution in [0.5, 0.6) is 0 Å². The maximum Gasteiger partial charge on any atom is 0.0714 e.